The number of carbonyl (C=O) groups is 1. The Bertz CT molecular complexity index is 265. The molecule has 1 saturated carbocycles. The van der Waals surface area contributed by atoms with Crippen molar-refractivity contribution in [1.82, 2.24) is 4.90 Å². The van der Waals surface area contributed by atoms with Gasteiger partial charge in [-0.05, 0) is 25.3 Å². The summed E-state index contributed by atoms with van der Waals surface area (Å²) in [5.41, 5.74) is 5.03. The van der Waals surface area contributed by atoms with E-state index in [9.17, 15) is 4.79 Å². The number of likely N-dealkylation sites (tertiary alicyclic amines) is 1. The Balaban J connectivity index is 0.00000112. The lowest BCUT2D eigenvalue weighted by atomic mass is 9.88. The number of piperidine rings is 1. The molecule has 0 amide bonds. The Labute approximate surface area is 108 Å². The minimum absolute atomic E-state index is 0. The van der Waals surface area contributed by atoms with Crippen molar-refractivity contribution in [2.24, 2.45) is 17.6 Å². The third-order valence-corrected chi connectivity index (χ3v) is 3.81. The Morgan fingerprint density at radius 3 is 2.62 bits per heavy atom. The molecule has 4 nitrogen and oxygen atoms in total. The molecule has 16 heavy (non-hydrogen) atoms. The number of hydrogen-bond donors (Lipinski definition) is 2. The van der Waals surface area contributed by atoms with Crippen LogP contribution in [0.1, 0.15) is 19.8 Å². The highest BCUT2D eigenvalue weighted by Gasteiger charge is 2.52. The third-order valence-electron chi connectivity index (χ3n) is 3.81. The van der Waals surface area contributed by atoms with Gasteiger partial charge in [-0.2, -0.15) is 0 Å². The first kappa shape index (κ1) is 16.0. The van der Waals surface area contributed by atoms with Crippen LogP contribution in [0, 0.1) is 11.8 Å². The van der Waals surface area contributed by atoms with Gasteiger partial charge in [0.25, 0.3) is 0 Å². The van der Waals surface area contributed by atoms with Gasteiger partial charge in [-0.15, -0.1) is 24.8 Å². The summed E-state index contributed by atoms with van der Waals surface area (Å²) in [6.07, 6.45) is 1.66. The first-order valence-corrected chi connectivity index (χ1v) is 5.31. The molecule has 2 bridgehead atoms. The normalized spacial score (nSPS) is 37.4. The highest BCUT2D eigenvalue weighted by atomic mass is 35.5. The van der Waals surface area contributed by atoms with Crippen LogP contribution in [0.5, 0.6) is 0 Å². The van der Waals surface area contributed by atoms with Crippen LogP contribution in [0.4, 0.5) is 0 Å². The fourth-order valence-electron chi connectivity index (χ4n) is 2.99. The molecule has 2 fully saturated rings. The zero-order valence-electron chi connectivity index (χ0n) is 9.39. The average Bonchev–Trinajstić information content (AvgIpc) is 2.38. The zero-order valence-corrected chi connectivity index (χ0v) is 11.0. The van der Waals surface area contributed by atoms with E-state index < -0.39 is 11.5 Å². The van der Waals surface area contributed by atoms with Gasteiger partial charge in [-0.3, -0.25) is 4.79 Å². The van der Waals surface area contributed by atoms with Crippen molar-refractivity contribution in [1.29, 1.82) is 0 Å². The Kier molecular flexibility index (Phi) is 5.53. The summed E-state index contributed by atoms with van der Waals surface area (Å²) < 4.78 is 0. The number of carboxylic acid groups (broad SMARTS) is 1. The molecule has 0 aromatic carbocycles. The molecule has 2 rings (SSSR count). The van der Waals surface area contributed by atoms with E-state index in [0.29, 0.717) is 12.3 Å². The molecule has 0 unspecified atom stereocenters. The van der Waals surface area contributed by atoms with E-state index in [0.717, 1.165) is 26.1 Å². The van der Waals surface area contributed by atoms with Crippen LogP contribution in [0.15, 0.2) is 0 Å². The predicted octanol–water partition coefficient (Wildman–Crippen LogP) is 0.974. The summed E-state index contributed by atoms with van der Waals surface area (Å²) in [4.78, 5) is 13.4. The first-order chi connectivity index (χ1) is 6.56. The molecule has 0 aromatic rings. The maximum Gasteiger partial charge on any atom is 0.324 e. The number of nitrogens with zero attached hydrogens (tertiary/aromatic N) is 1. The molecule has 3 atom stereocenters. The summed E-state index contributed by atoms with van der Waals surface area (Å²) in [5.74, 6) is -0.170. The van der Waals surface area contributed by atoms with Crippen molar-refractivity contribution in [3.63, 3.8) is 0 Å². The Morgan fingerprint density at radius 2 is 2.12 bits per heavy atom. The SMILES string of the molecule is CCN1C[C@H]2C[C@@H](C1)[C@](N)(C(=O)O)C2.Cl.Cl. The van der Waals surface area contributed by atoms with Crippen LogP contribution in [0.3, 0.4) is 0 Å². The topological polar surface area (TPSA) is 66.6 Å². The lowest BCUT2D eigenvalue weighted by Crippen LogP contribution is -2.53. The van der Waals surface area contributed by atoms with Gasteiger partial charge >= 0.3 is 5.97 Å². The summed E-state index contributed by atoms with van der Waals surface area (Å²) in [6.45, 7) is 5.00. The van der Waals surface area contributed by atoms with Gasteiger partial charge in [-0.1, -0.05) is 6.92 Å². The van der Waals surface area contributed by atoms with Crippen LogP contribution in [-0.4, -0.2) is 41.1 Å². The van der Waals surface area contributed by atoms with E-state index in [1.165, 1.54) is 0 Å². The molecule has 1 aliphatic carbocycles. The van der Waals surface area contributed by atoms with Gasteiger partial charge in [-0.25, -0.2) is 0 Å². The van der Waals surface area contributed by atoms with Crippen molar-refractivity contribution in [3.8, 4) is 0 Å². The number of nitrogens with two attached hydrogens (primary N) is 1. The molecule has 1 aliphatic heterocycles. The number of carboxylic acids is 1. The van der Waals surface area contributed by atoms with Gasteiger partial charge in [0.15, 0.2) is 0 Å². The summed E-state index contributed by atoms with van der Waals surface area (Å²) in [7, 11) is 0. The predicted molar refractivity (Wildman–Crippen MR) is 67.4 cm³/mol. The van der Waals surface area contributed by atoms with Crippen molar-refractivity contribution < 1.29 is 9.90 Å². The highest BCUT2D eigenvalue weighted by Crippen LogP contribution is 2.42. The number of aliphatic carboxylic acids is 1. The van der Waals surface area contributed by atoms with Crippen LogP contribution in [0.2, 0.25) is 0 Å². The third kappa shape index (κ3) is 2.45. The quantitative estimate of drug-likeness (QED) is 0.785. The van der Waals surface area contributed by atoms with E-state index in [1.807, 2.05) is 0 Å². The molecule has 0 spiro atoms. The fraction of sp³-hybridized carbons (Fsp3) is 0.900. The zero-order chi connectivity index (χ0) is 10.3. The summed E-state index contributed by atoms with van der Waals surface area (Å²) in [5, 5.41) is 9.14. The number of halogens is 2. The molecule has 0 radical (unpaired) electrons. The smallest absolute Gasteiger partial charge is 0.324 e. The molecule has 96 valence electrons. The van der Waals surface area contributed by atoms with Crippen molar-refractivity contribution in [3.05, 3.63) is 0 Å². The van der Waals surface area contributed by atoms with Crippen molar-refractivity contribution in [2.45, 2.75) is 25.3 Å². The average molecular weight is 271 g/mol. The second-order valence-corrected chi connectivity index (χ2v) is 4.70. The maximum absolute atomic E-state index is 11.1. The van der Waals surface area contributed by atoms with Crippen LogP contribution < -0.4 is 5.73 Å². The molecule has 0 aromatic heterocycles. The minimum Gasteiger partial charge on any atom is -0.480 e. The summed E-state index contributed by atoms with van der Waals surface area (Å²) in [6, 6.07) is 0. The molecular weight excluding hydrogens is 251 g/mol. The van der Waals surface area contributed by atoms with Gasteiger partial charge in [0.2, 0.25) is 0 Å². The molecular formula is C10H20Cl2N2O2. The monoisotopic (exact) mass is 270 g/mol. The van der Waals surface area contributed by atoms with E-state index in [-0.39, 0.29) is 30.7 Å². The van der Waals surface area contributed by atoms with E-state index in [2.05, 4.69) is 11.8 Å². The van der Waals surface area contributed by atoms with E-state index >= 15 is 0 Å². The van der Waals surface area contributed by atoms with Gasteiger partial charge in [0, 0.05) is 19.0 Å². The van der Waals surface area contributed by atoms with E-state index in [1.54, 1.807) is 0 Å². The number of fused-ring (bicyclic) bond motifs is 2. The maximum atomic E-state index is 11.1. The lowest BCUT2D eigenvalue weighted by molar-refractivity contribution is -0.144. The number of rotatable bonds is 2. The highest BCUT2D eigenvalue weighted by molar-refractivity contribution is 5.85. The van der Waals surface area contributed by atoms with Gasteiger partial charge in [0.1, 0.15) is 5.54 Å². The van der Waals surface area contributed by atoms with Crippen molar-refractivity contribution >= 4 is 30.8 Å². The fourth-order valence-corrected chi connectivity index (χ4v) is 2.99. The second kappa shape index (κ2) is 5.54. The molecule has 1 heterocycles. The van der Waals surface area contributed by atoms with Gasteiger partial charge < -0.3 is 15.7 Å². The van der Waals surface area contributed by atoms with E-state index in [4.69, 9.17) is 10.8 Å². The number of hydrogen-bond acceptors (Lipinski definition) is 3. The van der Waals surface area contributed by atoms with Crippen LogP contribution in [-0.2, 0) is 4.79 Å². The largest absolute Gasteiger partial charge is 0.480 e. The molecule has 6 heteroatoms. The second-order valence-electron chi connectivity index (χ2n) is 4.70. The lowest BCUT2D eigenvalue weighted by Gasteiger charge is -2.33. The molecule has 1 saturated heterocycles. The standard InChI is InChI=1S/C10H18N2O2.2ClH/c1-2-12-5-7-3-8(6-12)10(11,4-7)9(13)14;;/h7-8H,2-6,11H2,1H3,(H,13,14);2*1H/t7-,8-,10-;;/m0../s1. The van der Waals surface area contributed by atoms with Crippen LogP contribution >= 0.6 is 24.8 Å². The minimum atomic E-state index is -0.950. The van der Waals surface area contributed by atoms with Crippen molar-refractivity contribution in [2.75, 3.05) is 19.6 Å². The Morgan fingerprint density at radius 1 is 1.50 bits per heavy atom. The summed E-state index contributed by atoms with van der Waals surface area (Å²) >= 11 is 0. The first-order valence-electron chi connectivity index (χ1n) is 5.31. The van der Waals surface area contributed by atoms with Crippen LogP contribution in [0.25, 0.3) is 0 Å². The Hall–Kier alpha value is -0.0300. The molecule has 3 N–H and O–H groups in total. The van der Waals surface area contributed by atoms with Gasteiger partial charge in [0.05, 0.1) is 0 Å². The molecule has 2 aliphatic rings.